The molecule has 0 bridgehead atoms. The molecule has 0 saturated carbocycles. The highest BCUT2D eigenvalue weighted by atomic mass is 35.5. The Balaban J connectivity index is 1.82. The van der Waals surface area contributed by atoms with Gasteiger partial charge in [0, 0.05) is 36.2 Å². The van der Waals surface area contributed by atoms with E-state index in [0.29, 0.717) is 18.9 Å². The van der Waals surface area contributed by atoms with Gasteiger partial charge < -0.3 is 20.5 Å². The molecule has 1 aliphatic heterocycles. The normalized spacial score (nSPS) is 16.3. The van der Waals surface area contributed by atoms with Crippen molar-refractivity contribution in [3.63, 3.8) is 0 Å². The molecule has 0 fully saturated rings. The van der Waals surface area contributed by atoms with Crippen LogP contribution in [0.2, 0.25) is 5.15 Å². The molecule has 136 valence electrons. The lowest BCUT2D eigenvalue weighted by Crippen LogP contribution is -2.24. The molecule has 3 aromatic rings. The molecule has 2 aromatic heterocycles. The smallest absolute Gasteiger partial charge is 0.223 e. The molecule has 0 radical (unpaired) electrons. The third kappa shape index (κ3) is 2.51. The third-order valence-electron chi connectivity index (χ3n) is 4.79. The van der Waals surface area contributed by atoms with Crippen molar-refractivity contribution in [3.05, 3.63) is 27.9 Å². The van der Waals surface area contributed by atoms with Gasteiger partial charge in [0.1, 0.15) is 22.2 Å². The van der Waals surface area contributed by atoms with Crippen LogP contribution in [0.3, 0.4) is 0 Å². The number of fused-ring (bicyclic) bond motifs is 2. The molecule has 1 unspecified atom stereocenters. The summed E-state index contributed by atoms with van der Waals surface area (Å²) >= 11 is 6.26. The summed E-state index contributed by atoms with van der Waals surface area (Å²) in [4.78, 5) is 10.4. The number of H-pyrrole nitrogens is 1. The van der Waals surface area contributed by atoms with Gasteiger partial charge in [-0.2, -0.15) is 4.98 Å². The summed E-state index contributed by atoms with van der Waals surface area (Å²) in [7, 11) is 1.63. The molecule has 4 rings (SSSR count). The van der Waals surface area contributed by atoms with E-state index in [1.165, 1.54) is 0 Å². The number of halogens is 1. The van der Waals surface area contributed by atoms with Crippen LogP contribution in [0.25, 0.3) is 11.0 Å². The molecular formula is C16H18ClN7O2. The highest BCUT2D eigenvalue weighted by Gasteiger charge is 2.34. The Hall–Kier alpha value is -2.65. The quantitative estimate of drug-likeness (QED) is 0.584. The Bertz CT molecular complexity index is 990. The van der Waals surface area contributed by atoms with Gasteiger partial charge in [-0.15, -0.1) is 5.10 Å². The van der Waals surface area contributed by atoms with E-state index < -0.39 is 0 Å². The molecule has 3 heterocycles. The predicted octanol–water partition coefficient (Wildman–Crippen LogP) is 1.40. The summed E-state index contributed by atoms with van der Waals surface area (Å²) in [6, 6.07) is 1.87. The largest absolute Gasteiger partial charge is 0.496 e. The fourth-order valence-corrected chi connectivity index (χ4v) is 3.82. The van der Waals surface area contributed by atoms with Gasteiger partial charge in [0.2, 0.25) is 5.95 Å². The minimum atomic E-state index is -0.170. The first-order chi connectivity index (χ1) is 12.5. The molecule has 10 heteroatoms. The van der Waals surface area contributed by atoms with Crippen LogP contribution >= 0.6 is 11.6 Å². The Labute approximate surface area is 154 Å². The van der Waals surface area contributed by atoms with E-state index in [-0.39, 0.29) is 23.6 Å². The maximum Gasteiger partial charge on any atom is 0.223 e. The molecule has 4 N–H and O–H groups in total. The summed E-state index contributed by atoms with van der Waals surface area (Å²) in [6.07, 6.45) is 0. The zero-order valence-electron chi connectivity index (χ0n) is 14.3. The van der Waals surface area contributed by atoms with Crippen LogP contribution in [-0.4, -0.2) is 50.7 Å². The molecule has 0 aliphatic carbocycles. The predicted molar refractivity (Wildman–Crippen MR) is 97.5 cm³/mol. The number of hydrogen-bond acceptors (Lipinski definition) is 8. The van der Waals surface area contributed by atoms with Crippen LogP contribution in [-0.2, 0) is 6.54 Å². The van der Waals surface area contributed by atoms with Gasteiger partial charge in [-0.05, 0) is 12.5 Å². The average Bonchev–Trinajstić information content (AvgIpc) is 3.21. The average molecular weight is 376 g/mol. The number of aromatic amines is 1. The first kappa shape index (κ1) is 16.8. The number of rotatable bonds is 4. The van der Waals surface area contributed by atoms with Gasteiger partial charge in [-0.3, -0.25) is 5.10 Å². The monoisotopic (exact) mass is 375 g/mol. The Morgan fingerprint density at radius 2 is 2.27 bits per heavy atom. The van der Waals surface area contributed by atoms with Crippen molar-refractivity contribution in [2.75, 3.05) is 30.9 Å². The number of aliphatic hydroxyl groups excluding tert-OH is 1. The number of nitrogens with two attached hydrogens (primary N) is 1. The van der Waals surface area contributed by atoms with Crippen molar-refractivity contribution in [1.29, 1.82) is 0 Å². The van der Waals surface area contributed by atoms with Crippen molar-refractivity contribution < 1.29 is 9.84 Å². The van der Waals surface area contributed by atoms with Crippen molar-refractivity contribution >= 4 is 34.4 Å². The van der Waals surface area contributed by atoms with E-state index >= 15 is 0 Å². The number of nitrogens with zero attached hydrogens (tertiary/aromatic N) is 5. The van der Waals surface area contributed by atoms with E-state index in [9.17, 15) is 5.11 Å². The lowest BCUT2D eigenvalue weighted by molar-refractivity contribution is 0.270. The van der Waals surface area contributed by atoms with Gasteiger partial charge >= 0.3 is 0 Å². The highest BCUT2D eigenvalue weighted by molar-refractivity contribution is 6.30. The molecular weight excluding hydrogens is 358 g/mol. The van der Waals surface area contributed by atoms with Crippen molar-refractivity contribution in [3.8, 4) is 5.75 Å². The van der Waals surface area contributed by atoms with Crippen LogP contribution in [0.15, 0.2) is 6.07 Å². The fraction of sp³-hybridized carbons (Fsp3) is 0.375. The number of ether oxygens (including phenoxy) is 1. The number of hydrogen-bond donors (Lipinski definition) is 3. The molecule has 1 atom stereocenters. The molecule has 0 saturated heterocycles. The van der Waals surface area contributed by atoms with Gasteiger partial charge in [0.25, 0.3) is 0 Å². The lowest BCUT2D eigenvalue weighted by Gasteiger charge is -2.21. The second-order valence-electron chi connectivity index (χ2n) is 6.26. The summed E-state index contributed by atoms with van der Waals surface area (Å²) in [5.74, 6) is 1.32. The van der Waals surface area contributed by atoms with E-state index in [4.69, 9.17) is 22.1 Å². The minimum Gasteiger partial charge on any atom is -0.496 e. The number of benzene rings is 1. The number of methoxy groups -OCH3 is 1. The minimum absolute atomic E-state index is 0.0486. The van der Waals surface area contributed by atoms with Crippen LogP contribution in [0.4, 0.5) is 11.8 Å². The van der Waals surface area contributed by atoms with Gasteiger partial charge in [-0.1, -0.05) is 16.8 Å². The summed E-state index contributed by atoms with van der Waals surface area (Å²) in [5.41, 5.74) is 10.00. The summed E-state index contributed by atoms with van der Waals surface area (Å²) in [6.45, 7) is 2.99. The van der Waals surface area contributed by atoms with Gasteiger partial charge in [0.15, 0.2) is 0 Å². The summed E-state index contributed by atoms with van der Waals surface area (Å²) < 4.78 is 5.48. The Kier molecular flexibility index (Phi) is 4.04. The molecule has 1 aromatic carbocycles. The van der Waals surface area contributed by atoms with Crippen LogP contribution in [0.1, 0.15) is 22.6 Å². The van der Waals surface area contributed by atoms with Crippen LogP contribution < -0.4 is 15.4 Å². The molecule has 9 nitrogen and oxygen atoms in total. The van der Waals surface area contributed by atoms with Crippen LogP contribution in [0, 0.1) is 6.92 Å². The number of nitrogens with one attached hydrogen (secondary N) is 1. The zero-order valence-corrected chi connectivity index (χ0v) is 15.1. The second kappa shape index (κ2) is 6.26. The number of aromatic nitrogens is 5. The number of anilines is 2. The molecule has 0 amide bonds. The van der Waals surface area contributed by atoms with E-state index in [1.54, 1.807) is 7.11 Å². The first-order valence-corrected chi connectivity index (χ1v) is 8.47. The van der Waals surface area contributed by atoms with E-state index in [2.05, 4.69) is 25.4 Å². The first-order valence-electron chi connectivity index (χ1n) is 8.09. The van der Waals surface area contributed by atoms with Crippen LogP contribution in [0.5, 0.6) is 5.75 Å². The highest BCUT2D eigenvalue weighted by Crippen LogP contribution is 2.40. The number of aliphatic hydroxyl groups is 1. The third-order valence-corrected chi connectivity index (χ3v) is 5.08. The Morgan fingerprint density at radius 1 is 1.46 bits per heavy atom. The van der Waals surface area contributed by atoms with Crippen molar-refractivity contribution in [2.24, 2.45) is 0 Å². The Morgan fingerprint density at radius 3 is 3.00 bits per heavy atom. The van der Waals surface area contributed by atoms with E-state index in [0.717, 1.165) is 33.5 Å². The number of nitrogen functional groups attached to an aromatic ring is 1. The second-order valence-corrected chi connectivity index (χ2v) is 6.62. The lowest BCUT2D eigenvalue weighted by atomic mass is 10.0. The standard InChI is InChI=1S/C16H18ClN7O2/c1-7-9(13-10(21-23-22-13)3-11(7)26-2)5-24-4-8(6-25)12-14(17)19-16(18)20-15(12)24/h3,8,25H,4-6H2,1-2H3,(H2,18,19,20)(H,21,22,23). The zero-order chi connectivity index (χ0) is 18.4. The van der Waals surface area contributed by atoms with Crippen molar-refractivity contribution in [2.45, 2.75) is 19.4 Å². The maximum atomic E-state index is 9.75. The fourth-order valence-electron chi connectivity index (χ4n) is 3.49. The van der Waals surface area contributed by atoms with E-state index in [1.807, 2.05) is 17.9 Å². The van der Waals surface area contributed by atoms with Crippen molar-refractivity contribution in [1.82, 2.24) is 25.4 Å². The summed E-state index contributed by atoms with van der Waals surface area (Å²) in [5, 5.41) is 21.0. The van der Waals surface area contributed by atoms with Gasteiger partial charge in [0.05, 0.1) is 19.2 Å². The molecule has 26 heavy (non-hydrogen) atoms. The SMILES string of the molecule is COc1cc2[nH]nnc2c(CN2CC(CO)c3c(Cl)nc(N)nc32)c1C. The topological polar surface area (TPSA) is 126 Å². The maximum absolute atomic E-state index is 9.75. The molecule has 1 aliphatic rings. The van der Waals surface area contributed by atoms with Gasteiger partial charge in [-0.25, -0.2) is 4.98 Å². The molecule has 0 spiro atoms.